The summed E-state index contributed by atoms with van der Waals surface area (Å²) in [5, 5.41) is 92.8. The van der Waals surface area contributed by atoms with E-state index in [1.807, 2.05) is 0 Å². The lowest BCUT2D eigenvalue weighted by molar-refractivity contribution is -0.332. The van der Waals surface area contributed by atoms with Crippen LogP contribution in [0, 0.1) is 0 Å². The number of methoxy groups -OCH3 is 1. The molecule has 0 aliphatic carbocycles. The molecule has 1 aromatic rings. The van der Waals surface area contributed by atoms with Crippen LogP contribution in [0.25, 0.3) is 0 Å². The van der Waals surface area contributed by atoms with Crippen LogP contribution in [0.1, 0.15) is 6.42 Å². The fourth-order valence-electron chi connectivity index (χ4n) is 4.43. The Labute approximate surface area is 233 Å². The Kier molecular flexibility index (Phi) is 11.2. The van der Waals surface area contributed by atoms with Gasteiger partial charge in [-0.2, -0.15) is 0 Å². The van der Waals surface area contributed by atoms with Crippen molar-refractivity contribution in [3.8, 4) is 11.5 Å². The van der Waals surface area contributed by atoms with Gasteiger partial charge in [0, 0.05) is 6.42 Å². The normalized spacial score (nSPS) is 35.2. The van der Waals surface area contributed by atoms with Gasteiger partial charge in [-0.3, -0.25) is 4.79 Å². The molecule has 0 aromatic heterocycles. The van der Waals surface area contributed by atoms with Crippen molar-refractivity contribution >= 4 is 11.9 Å². The monoisotopic (exact) mass is 593 g/mol. The molecule has 0 spiro atoms. The molecule has 0 radical (unpaired) electrons. The summed E-state index contributed by atoms with van der Waals surface area (Å²) in [6.07, 6.45) is -17.0. The lowest BCUT2D eigenvalue weighted by Gasteiger charge is -2.47. The number of hydrogen-bond donors (Lipinski definition) is 10. The molecule has 1 aromatic carbocycles. The van der Waals surface area contributed by atoms with Gasteiger partial charge in [-0.05, 0) is 24.3 Å². The van der Waals surface area contributed by atoms with Crippen LogP contribution < -0.4 is 14.8 Å². The average Bonchev–Trinajstić information content (AvgIpc) is 2.97. The van der Waals surface area contributed by atoms with E-state index in [4.69, 9.17) is 28.8 Å². The second kappa shape index (κ2) is 14.0. The number of aliphatic hydroxyl groups is 8. The van der Waals surface area contributed by atoms with E-state index in [1.165, 1.54) is 19.2 Å². The van der Waals surface area contributed by atoms with E-state index in [2.05, 4.69) is 5.32 Å². The molecule has 2 aliphatic rings. The predicted molar refractivity (Wildman–Crippen MR) is 130 cm³/mol. The predicted octanol–water partition coefficient (Wildman–Crippen LogP) is -4.98. The lowest BCUT2D eigenvalue weighted by Crippen LogP contribution is -2.68. The smallest absolute Gasteiger partial charge is 0.364 e. The standard InChI is InChI=1S/C24H35NO16/c1-37-10-2-4-11(5-3-10)39-22-20(34)19(33)18(32)14(40-22)9-38-24(23(35)36)6-12(28)16(25-15(30)8-27)21(41-24)17(31)13(29)7-26/h2-5,12-14,16-22,26-29,31-34H,6-9H2,1H3,(H,25,30)(H,35,36)/t12-,13+,14+,16+,17+,18-,19-,20+,21+,22+,24+/m0/s1. The van der Waals surface area contributed by atoms with E-state index in [9.17, 15) is 50.4 Å². The number of ether oxygens (including phenoxy) is 5. The molecular formula is C24H35NO16. The zero-order chi connectivity index (χ0) is 30.5. The minimum absolute atomic E-state index is 0.189. The number of hydrogen-bond acceptors (Lipinski definition) is 15. The molecule has 11 atom stereocenters. The van der Waals surface area contributed by atoms with E-state index in [0.717, 1.165) is 0 Å². The summed E-state index contributed by atoms with van der Waals surface area (Å²) in [6.45, 7) is -2.86. The lowest BCUT2D eigenvalue weighted by atomic mass is 9.88. The molecule has 17 heteroatoms. The highest BCUT2D eigenvalue weighted by Crippen LogP contribution is 2.35. The van der Waals surface area contributed by atoms with Crippen LogP contribution in [0.2, 0.25) is 0 Å². The van der Waals surface area contributed by atoms with Crippen molar-refractivity contribution < 1.29 is 79.2 Å². The number of aliphatic carboxylic acids is 1. The van der Waals surface area contributed by atoms with E-state index in [1.54, 1.807) is 12.1 Å². The van der Waals surface area contributed by atoms with Gasteiger partial charge >= 0.3 is 5.97 Å². The third kappa shape index (κ3) is 7.40. The fraction of sp³-hybridized carbons (Fsp3) is 0.667. The molecule has 1 amide bonds. The summed E-state index contributed by atoms with van der Waals surface area (Å²) in [7, 11) is 1.45. The van der Waals surface area contributed by atoms with Gasteiger partial charge < -0.3 is 75.0 Å². The first kappa shape index (κ1) is 32.8. The topological polar surface area (TPSA) is 274 Å². The van der Waals surface area contributed by atoms with Crippen LogP contribution in [0.5, 0.6) is 11.5 Å². The maximum absolute atomic E-state index is 12.3. The fourth-order valence-corrected chi connectivity index (χ4v) is 4.43. The number of carboxylic acid groups (broad SMARTS) is 1. The molecule has 41 heavy (non-hydrogen) atoms. The number of rotatable bonds is 12. The summed E-state index contributed by atoms with van der Waals surface area (Å²) >= 11 is 0. The molecule has 10 N–H and O–H groups in total. The molecule has 0 bridgehead atoms. The summed E-state index contributed by atoms with van der Waals surface area (Å²) in [5.74, 6) is -4.92. The van der Waals surface area contributed by atoms with Crippen molar-refractivity contribution in [2.45, 2.75) is 73.4 Å². The number of benzene rings is 1. The van der Waals surface area contributed by atoms with Gasteiger partial charge in [0.15, 0.2) is 0 Å². The van der Waals surface area contributed by atoms with E-state index < -0.39 is 105 Å². The third-order valence-electron chi connectivity index (χ3n) is 6.75. The number of carbonyl (C=O) groups excluding carboxylic acids is 1. The highest BCUT2D eigenvalue weighted by Gasteiger charge is 2.57. The van der Waals surface area contributed by atoms with Crippen LogP contribution in [-0.4, -0.2) is 152 Å². The Balaban J connectivity index is 1.81. The van der Waals surface area contributed by atoms with Crippen LogP contribution in [0.4, 0.5) is 0 Å². The second-order valence-corrected chi connectivity index (χ2v) is 9.52. The van der Waals surface area contributed by atoms with E-state index in [0.29, 0.717) is 5.75 Å². The van der Waals surface area contributed by atoms with Gasteiger partial charge in [0.25, 0.3) is 5.79 Å². The SMILES string of the molecule is COc1ccc(O[C@@H]2O[C@H](CO[C@]3(C(=O)O)C[C@H](O)[C@@H](NC(=O)CO)[C@H]([C@H](O)[C@H](O)CO)O3)[C@H](O)[C@H](O)[C@H]2O)cc1. The minimum Gasteiger partial charge on any atom is -0.497 e. The molecular weight excluding hydrogens is 558 g/mol. The van der Waals surface area contributed by atoms with Crippen LogP contribution in [-0.2, 0) is 23.8 Å². The zero-order valence-corrected chi connectivity index (χ0v) is 21.8. The Hall–Kier alpha value is -2.68. The van der Waals surface area contributed by atoms with Crippen molar-refractivity contribution in [2.24, 2.45) is 0 Å². The molecule has 2 heterocycles. The minimum atomic E-state index is -2.77. The highest BCUT2D eigenvalue weighted by molar-refractivity contribution is 5.78. The highest BCUT2D eigenvalue weighted by atomic mass is 16.7. The van der Waals surface area contributed by atoms with Crippen LogP contribution in [0.3, 0.4) is 0 Å². The summed E-state index contributed by atoms with van der Waals surface area (Å²) in [6, 6.07) is 4.50. The van der Waals surface area contributed by atoms with Crippen molar-refractivity contribution in [1.29, 1.82) is 0 Å². The molecule has 2 fully saturated rings. The van der Waals surface area contributed by atoms with E-state index >= 15 is 0 Å². The first-order chi connectivity index (χ1) is 19.4. The van der Waals surface area contributed by atoms with Gasteiger partial charge in [-0.1, -0.05) is 0 Å². The molecule has 3 rings (SSSR count). The van der Waals surface area contributed by atoms with Crippen molar-refractivity contribution in [2.75, 3.05) is 26.9 Å². The van der Waals surface area contributed by atoms with Crippen LogP contribution >= 0.6 is 0 Å². The Morgan fingerprint density at radius 2 is 1.68 bits per heavy atom. The zero-order valence-electron chi connectivity index (χ0n) is 21.8. The molecule has 2 saturated heterocycles. The quantitative estimate of drug-likeness (QED) is 0.109. The first-order valence-electron chi connectivity index (χ1n) is 12.5. The molecule has 2 aliphatic heterocycles. The summed E-state index contributed by atoms with van der Waals surface area (Å²) in [5.41, 5.74) is 0. The maximum atomic E-state index is 12.3. The van der Waals surface area contributed by atoms with Gasteiger partial charge in [-0.15, -0.1) is 0 Å². The third-order valence-corrected chi connectivity index (χ3v) is 6.75. The second-order valence-electron chi connectivity index (χ2n) is 9.52. The molecule has 17 nitrogen and oxygen atoms in total. The largest absolute Gasteiger partial charge is 0.497 e. The van der Waals surface area contributed by atoms with Crippen molar-refractivity contribution in [1.82, 2.24) is 5.32 Å². The number of carbonyl (C=O) groups is 2. The van der Waals surface area contributed by atoms with Gasteiger partial charge in [0.1, 0.15) is 60.8 Å². The van der Waals surface area contributed by atoms with Gasteiger partial charge in [0.2, 0.25) is 12.2 Å². The van der Waals surface area contributed by atoms with Crippen LogP contribution in [0.15, 0.2) is 24.3 Å². The van der Waals surface area contributed by atoms with Gasteiger partial charge in [-0.25, -0.2) is 4.79 Å². The average molecular weight is 594 g/mol. The van der Waals surface area contributed by atoms with Crippen molar-refractivity contribution in [3.63, 3.8) is 0 Å². The Morgan fingerprint density at radius 1 is 1.05 bits per heavy atom. The summed E-state index contributed by atoms with van der Waals surface area (Å²) in [4.78, 5) is 24.1. The molecule has 0 unspecified atom stereocenters. The first-order valence-corrected chi connectivity index (χ1v) is 12.5. The summed E-state index contributed by atoms with van der Waals surface area (Å²) < 4.78 is 27.1. The van der Waals surface area contributed by atoms with Crippen molar-refractivity contribution in [3.05, 3.63) is 24.3 Å². The maximum Gasteiger partial charge on any atom is 0.364 e. The Bertz CT molecular complexity index is 1010. The number of aliphatic hydroxyl groups excluding tert-OH is 8. The molecule has 232 valence electrons. The number of carboxylic acids is 1. The Morgan fingerprint density at radius 3 is 2.24 bits per heavy atom. The number of amides is 1. The number of nitrogens with one attached hydrogen (secondary N) is 1. The molecule has 0 saturated carbocycles. The van der Waals surface area contributed by atoms with Gasteiger partial charge in [0.05, 0.1) is 32.5 Å². The van der Waals surface area contributed by atoms with E-state index in [-0.39, 0.29) is 5.75 Å².